The van der Waals surface area contributed by atoms with Gasteiger partial charge in [0.25, 0.3) is 10.0 Å². The summed E-state index contributed by atoms with van der Waals surface area (Å²) in [7, 11) is -6.28. The highest BCUT2D eigenvalue weighted by atomic mass is 32.2. The first-order valence-corrected chi connectivity index (χ1v) is 8.42. The Kier molecular flexibility index (Phi) is 5.95. The summed E-state index contributed by atoms with van der Waals surface area (Å²) in [6.45, 7) is 0.986. The Morgan fingerprint density at radius 1 is 1.08 bits per heavy atom. The van der Waals surface area contributed by atoms with Crippen molar-refractivity contribution >= 4 is 15.8 Å². The van der Waals surface area contributed by atoms with Crippen LogP contribution in [0, 0.1) is 5.92 Å². The summed E-state index contributed by atoms with van der Waals surface area (Å²) in [6, 6.07) is 7.32. The van der Waals surface area contributed by atoms with Gasteiger partial charge in [0.15, 0.2) is 5.78 Å². The highest BCUT2D eigenvalue weighted by Crippen LogP contribution is 2.50. The Balaban J connectivity index is 2.94. The van der Waals surface area contributed by atoms with Gasteiger partial charge in [-0.05, 0) is 5.92 Å². The number of hydrogen-bond donors (Lipinski definition) is 1. The molecule has 0 aliphatic heterocycles. The molecule has 1 atom stereocenters. The Bertz CT molecular complexity index is 721. The number of benzene rings is 1. The van der Waals surface area contributed by atoms with E-state index in [1.165, 1.54) is 24.3 Å². The van der Waals surface area contributed by atoms with E-state index >= 15 is 0 Å². The Morgan fingerprint density at radius 2 is 1.56 bits per heavy atom. The second kappa shape index (κ2) is 6.94. The van der Waals surface area contributed by atoms with Gasteiger partial charge >= 0.3 is 17.1 Å². The molecule has 4 nitrogen and oxygen atoms in total. The number of Topliss-reactive ketones (excluding diaryl/α,β-unsaturated/α-hetero) is 1. The van der Waals surface area contributed by atoms with Gasteiger partial charge in [-0.3, -0.25) is 4.79 Å². The lowest BCUT2D eigenvalue weighted by Crippen LogP contribution is -2.59. The van der Waals surface area contributed by atoms with Crippen molar-refractivity contribution in [3.05, 3.63) is 35.9 Å². The van der Waals surface area contributed by atoms with Gasteiger partial charge in [0.2, 0.25) is 0 Å². The van der Waals surface area contributed by atoms with E-state index in [0.29, 0.717) is 0 Å². The molecule has 25 heavy (non-hydrogen) atoms. The van der Waals surface area contributed by atoms with Gasteiger partial charge in [-0.2, -0.15) is 26.3 Å². The van der Waals surface area contributed by atoms with Crippen molar-refractivity contribution in [3.8, 4) is 0 Å². The van der Waals surface area contributed by atoms with Gasteiger partial charge in [-0.15, -0.1) is 0 Å². The molecule has 0 aromatic heterocycles. The van der Waals surface area contributed by atoms with Crippen molar-refractivity contribution in [2.45, 2.75) is 36.9 Å². The van der Waals surface area contributed by atoms with Gasteiger partial charge in [0, 0.05) is 18.4 Å². The number of rotatable bonds is 8. The van der Waals surface area contributed by atoms with Crippen LogP contribution in [-0.4, -0.2) is 31.3 Å². The van der Waals surface area contributed by atoms with Crippen molar-refractivity contribution in [1.82, 2.24) is 0 Å². The lowest BCUT2D eigenvalue weighted by Gasteiger charge is -2.32. The smallest absolute Gasteiger partial charge is 0.294 e. The maximum atomic E-state index is 13.7. The number of alkyl halides is 6. The van der Waals surface area contributed by atoms with Gasteiger partial charge in [-0.25, -0.2) is 13.6 Å². The van der Waals surface area contributed by atoms with Crippen LogP contribution in [-0.2, 0) is 10.0 Å². The van der Waals surface area contributed by atoms with Crippen molar-refractivity contribution in [2.75, 3.05) is 0 Å². The topological polar surface area (TPSA) is 77.2 Å². The first-order chi connectivity index (χ1) is 11.1. The molecule has 142 valence electrons. The number of nitrogens with two attached hydrogens (primary N) is 1. The summed E-state index contributed by atoms with van der Waals surface area (Å²) < 4.78 is 102. The molecule has 0 aliphatic carbocycles. The third-order valence-corrected chi connectivity index (χ3v) is 4.39. The Hall–Kier alpha value is -1.62. The molecule has 1 aromatic rings. The molecule has 0 heterocycles. The fraction of sp³-hybridized carbons (Fsp3) is 0.500. The van der Waals surface area contributed by atoms with Gasteiger partial charge in [0.1, 0.15) is 0 Å². The molecule has 0 saturated heterocycles. The fourth-order valence-electron chi connectivity index (χ4n) is 2.09. The number of sulfonamides is 1. The van der Waals surface area contributed by atoms with Crippen molar-refractivity contribution < 1.29 is 39.6 Å². The molecule has 1 unspecified atom stereocenters. The summed E-state index contributed by atoms with van der Waals surface area (Å²) in [5.41, 5.74) is 0.138. The van der Waals surface area contributed by atoms with Crippen LogP contribution in [0.4, 0.5) is 26.3 Å². The zero-order chi connectivity index (χ0) is 19.7. The number of carbonyl (C=O) groups is 1. The minimum absolute atomic E-state index is 0.138. The third kappa shape index (κ3) is 4.32. The number of hydrogen-bond acceptors (Lipinski definition) is 3. The van der Waals surface area contributed by atoms with Crippen LogP contribution in [0.2, 0.25) is 0 Å². The molecule has 0 radical (unpaired) electrons. The summed E-state index contributed by atoms with van der Waals surface area (Å²) in [4.78, 5) is 11.9. The zero-order valence-electron chi connectivity index (χ0n) is 12.9. The van der Waals surface area contributed by atoms with Crippen LogP contribution in [0.15, 0.2) is 30.3 Å². The van der Waals surface area contributed by atoms with E-state index < -0.39 is 51.7 Å². The van der Waals surface area contributed by atoms with Crippen molar-refractivity contribution in [2.24, 2.45) is 11.1 Å². The van der Waals surface area contributed by atoms with E-state index in [1.54, 1.807) is 6.07 Å². The predicted octanol–water partition coefficient (Wildman–Crippen LogP) is 3.44. The number of carbonyl (C=O) groups excluding carboxylic acids is 1. The molecular formula is C14H15F6NO3S. The largest absolute Gasteiger partial charge is 0.426 e. The maximum Gasteiger partial charge on any atom is 0.426 e. The molecule has 0 aliphatic rings. The molecular weight excluding hydrogens is 376 g/mol. The average Bonchev–Trinajstić information content (AvgIpc) is 2.45. The first kappa shape index (κ1) is 21.4. The number of primary sulfonamides is 1. The molecule has 0 bridgehead atoms. The Morgan fingerprint density at radius 3 is 2.00 bits per heavy atom. The van der Waals surface area contributed by atoms with Crippen LogP contribution in [0.1, 0.15) is 30.1 Å². The highest BCUT2D eigenvalue weighted by molar-refractivity contribution is 7.90. The average molecular weight is 391 g/mol. The molecule has 1 aromatic carbocycles. The van der Waals surface area contributed by atoms with E-state index in [1.807, 2.05) is 0 Å². The van der Waals surface area contributed by atoms with Crippen LogP contribution < -0.4 is 5.14 Å². The predicted molar refractivity (Wildman–Crippen MR) is 77.1 cm³/mol. The molecule has 2 N–H and O–H groups in total. The monoisotopic (exact) mass is 391 g/mol. The maximum absolute atomic E-state index is 13.7. The minimum Gasteiger partial charge on any atom is -0.294 e. The standard InChI is InChI=1S/C14H15F6NO3S/c1-9(7-11(22)10-5-3-2-4-6-10)8-12(15,16)13(17,18)14(19,20)25(21,23)24/h2-6,9H,7-8H2,1H3,(H2,21,23,24). The normalized spacial score (nSPS) is 15.0. The van der Waals surface area contributed by atoms with Crippen molar-refractivity contribution in [1.29, 1.82) is 0 Å². The van der Waals surface area contributed by atoms with E-state index in [9.17, 15) is 39.6 Å². The Labute approximate surface area is 140 Å². The van der Waals surface area contributed by atoms with E-state index in [4.69, 9.17) is 0 Å². The van der Waals surface area contributed by atoms with Crippen LogP contribution in [0.3, 0.4) is 0 Å². The quantitative estimate of drug-likeness (QED) is 0.545. The molecule has 0 saturated carbocycles. The summed E-state index contributed by atoms with van der Waals surface area (Å²) in [6.07, 6.45) is -2.44. The molecule has 1 rings (SSSR count). The fourth-order valence-corrected chi connectivity index (χ4v) is 2.59. The van der Waals surface area contributed by atoms with E-state index in [-0.39, 0.29) is 5.56 Å². The minimum atomic E-state index is -6.28. The lowest BCUT2D eigenvalue weighted by atomic mass is 9.92. The molecule has 0 amide bonds. The third-order valence-electron chi connectivity index (χ3n) is 3.42. The summed E-state index contributed by atoms with van der Waals surface area (Å²) in [5, 5.41) is -2.22. The number of halogens is 6. The van der Waals surface area contributed by atoms with Crippen molar-refractivity contribution in [3.63, 3.8) is 0 Å². The highest BCUT2D eigenvalue weighted by Gasteiger charge is 2.76. The van der Waals surface area contributed by atoms with Gasteiger partial charge in [-0.1, -0.05) is 37.3 Å². The zero-order valence-corrected chi connectivity index (χ0v) is 13.7. The van der Waals surface area contributed by atoms with Crippen LogP contribution >= 0.6 is 0 Å². The molecule has 0 fully saturated rings. The van der Waals surface area contributed by atoms with E-state index in [2.05, 4.69) is 5.14 Å². The van der Waals surface area contributed by atoms with E-state index in [0.717, 1.165) is 6.92 Å². The molecule has 0 spiro atoms. The molecule has 11 heteroatoms. The second-order valence-corrected chi connectivity index (χ2v) is 7.25. The second-order valence-electron chi connectivity index (χ2n) is 5.64. The van der Waals surface area contributed by atoms with Crippen LogP contribution in [0.25, 0.3) is 0 Å². The SMILES string of the molecule is CC(CC(=O)c1ccccc1)CC(F)(F)C(F)(F)C(F)(F)S(N)(=O)=O. The van der Waals surface area contributed by atoms with Crippen LogP contribution in [0.5, 0.6) is 0 Å². The summed E-state index contributed by atoms with van der Waals surface area (Å²) >= 11 is 0. The number of ketones is 1. The lowest BCUT2D eigenvalue weighted by molar-refractivity contribution is -0.284. The van der Waals surface area contributed by atoms with Gasteiger partial charge < -0.3 is 0 Å². The summed E-state index contributed by atoms with van der Waals surface area (Å²) in [5.74, 6) is -13.7. The van der Waals surface area contributed by atoms with Gasteiger partial charge in [0.05, 0.1) is 0 Å². The first-order valence-electron chi connectivity index (χ1n) is 6.87.